The summed E-state index contributed by atoms with van der Waals surface area (Å²) in [6.07, 6.45) is 2.05. The summed E-state index contributed by atoms with van der Waals surface area (Å²) in [7, 11) is -3.74. The third-order valence-corrected chi connectivity index (χ3v) is 5.20. The van der Waals surface area contributed by atoms with E-state index in [-0.39, 0.29) is 10.7 Å². The first-order valence-electron chi connectivity index (χ1n) is 7.46. The average molecular weight is 332 g/mol. The average Bonchev–Trinajstić information content (AvgIpc) is 2.94. The first kappa shape index (κ1) is 17.0. The van der Waals surface area contributed by atoms with Gasteiger partial charge in [-0.15, -0.1) is 0 Å². The van der Waals surface area contributed by atoms with E-state index in [4.69, 9.17) is 5.26 Å². The lowest BCUT2D eigenvalue weighted by molar-refractivity contribution is 0.600. The molecule has 1 aromatic carbocycles. The molecule has 122 valence electrons. The lowest BCUT2D eigenvalue weighted by Gasteiger charge is -2.08. The van der Waals surface area contributed by atoms with Gasteiger partial charge in [0.1, 0.15) is 0 Å². The quantitative estimate of drug-likeness (QED) is 0.848. The summed E-state index contributed by atoms with van der Waals surface area (Å²) in [5, 5.41) is 15.8. The second kappa shape index (κ2) is 6.84. The third-order valence-electron chi connectivity index (χ3n) is 3.68. The molecule has 1 atom stereocenters. The molecule has 0 aliphatic heterocycles. The van der Waals surface area contributed by atoms with Crippen LogP contribution < -0.4 is 4.72 Å². The van der Waals surface area contributed by atoms with Crippen LogP contribution in [0.4, 0.5) is 5.82 Å². The van der Waals surface area contributed by atoms with Gasteiger partial charge in [-0.3, -0.25) is 9.82 Å². The predicted octanol–water partition coefficient (Wildman–Crippen LogP) is 3.29. The van der Waals surface area contributed by atoms with E-state index in [0.29, 0.717) is 17.0 Å². The Balaban J connectivity index is 2.24. The molecule has 0 saturated carbocycles. The van der Waals surface area contributed by atoms with Crippen molar-refractivity contribution < 1.29 is 8.42 Å². The number of sulfonamides is 1. The molecule has 2 rings (SSSR count). The summed E-state index contributed by atoms with van der Waals surface area (Å²) < 4.78 is 27.4. The fraction of sp³-hybridized carbons (Fsp3) is 0.375. The number of hydrogen-bond donors (Lipinski definition) is 2. The number of nitriles is 1. The van der Waals surface area contributed by atoms with Crippen molar-refractivity contribution in [2.75, 3.05) is 4.72 Å². The Labute approximate surface area is 136 Å². The maximum absolute atomic E-state index is 12.5. The van der Waals surface area contributed by atoms with Crippen molar-refractivity contribution in [2.24, 2.45) is 0 Å². The Hall–Kier alpha value is -2.33. The van der Waals surface area contributed by atoms with Gasteiger partial charge in [0.05, 0.1) is 16.5 Å². The summed E-state index contributed by atoms with van der Waals surface area (Å²) in [6, 6.07) is 8.18. The van der Waals surface area contributed by atoms with Crippen molar-refractivity contribution in [2.45, 2.75) is 44.4 Å². The number of hydrogen-bond acceptors (Lipinski definition) is 4. The van der Waals surface area contributed by atoms with E-state index < -0.39 is 10.0 Å². The van der Waals surface area contributed by atoms with Crippen molar-refractivity contribution in [3.63, 3.8) is 0 Å². The fourth-order valence-corrected chi connectivity index (χ4v) is 3.66. The molecule has 1 heterocycles. The van der Waals surface area contributed by atoms with Crippen LogP contribution in [-0.4, -0.2) is 18.6 Å². The van der Waals surface area contributed by atoms with Gasteiger partial charge in [-0.1, -0.05) is 20.3 Å². The summed E-state index contributed by atoms with van der Waals surface area (Å²) in [5.41, 5.74) is 1.85. The molecule has 1 aromatic heterocycles. The number of nitrogens with zero attached hydrogens (tertiary/aromatic N) is 2. The summed E-state index contributed by atoms with van der Waals surface area (Å²) in [6.45, 7) is 5.83. The fourth-order valence-electron chi connectivity index (χ4n) is 2.44. The van der Waals surface area contributed by atoms with Gasteiger partial charge in [-0.05, 0) is 43.0 Å². The molecule has 2 aromatic rings. The van der Waals surface area contributed by atoms with Crippen LogP contribution in [0.1, 0.15) is 49.4 Å². The van der Waals surface area contributed by atoms with E-state index in [1.807, 2.05) is 6.07 Å². The first-order valence-corrected chi connectivity index (χ1v) is 8.94. The van der Waals surface area contributed by atoms with Gasteiger partial charge < -0.3 is 0 Å². The molecule has 7 heteroatoms. The highest BCUT2D eigenvalue weighted by Crippen LogP contribution is 2.23. The number of nitrogens with one attached hydrogen (secondary N) is 2. The zero-order valence-electron chi connectivity index (χ0n) is 13.4. The molecule has 1 unspecified atom stereocenters. The normalized spacial score (nSPS) is 12.6. The Morgan fingerprint density at radius 2 is 2.13 bits per heavy atom. The summed E-state index contributed by atoms with van der Waals surface area (Å²) >= 11 is 0. The standard InChI is InChI=1S/C16H20N4O2S/c1-4-5-11(2)14-9-16(19-18-14)20-23(21,22)15-7-6-13(10-17)8-12(15)3/h6-9,11H,4-5H2,1-3H3,(H2,18,19,20). The number of aryl methyl sites for hydroxylation is 1. The van der Waals surface area contributed by atoms with E-state index >= 15 is 0 Å². The van der Waals surface area contributed by atoms with Crippen molar-refractivity contribution in [3.8, 4) is 6.07 Å². The van der Waals surface area contributed by atoms with Crippen molar-refractivity contribution in [1.82, 2.24) is 10.2 Å². The number of H-pyrrole nitrogens is 1. The van der Waals surface area contributed by atoms with Crippen LogP contribution in [0.15, 0.2) is 29.2 Å². The van der Waals surface area contributed by atoms with Gasteiger partial charge >= 0.3 is 0 Å². The SMILES string of the molecule is CCCC(C)c1cc(NS(=O)(=O)c2ccc(C#N)cc2C)n[nH]1. The highest BCUT2D eigenvalue weighted by atomic mass is 32.2. The molecule has 0 fully saturated rings. The molecular formula is C16H20N4O2S. The summed E-state index contributed by atoms with van der Waals surface area (Å²) in [4.78, 5) is 0.141. The molecule has 0 saturated heterocycles. The van der Waals surface area contributed by atoms with E-state index in [1.54, 1.807) is 19.1 Å². The van der Waals surface area contributed by atoms with Crippen LogP contribution >= 0.6 is 0 Å². The van der Waals surface area contributed by atoms with Gasteiger partial charge in [0.2, 0.25) is 0 Å². The third kappa shape index (κ3) is 3.90. The van der Waals surface area contributed by atoms with E-state index in [9.17, 15) is 8.42 Å². The largest absolute Gasteiger partial charge is 0.280 e. The molecule has 0 bridgehead atoms. The number of benzene rings is 1. The Morgan fingerprint density at radius 1 is 1.39 bits per heavy atom. The molecule has 0 amide bonds. The van der Waals surface area contributed by atoms with E-state index in [1.165, 1.54) is 12.1 Å². The first-order chi connectivity index (χ1) is 10.9. The van der Waals surface area contributed by atoms with Gasteiger partial charge in [0, 0.05) is 11.8 Å². The Kier molecular flexibility index (Phi) is 5.06. The molecule has 23 heavy (non-hydrogen) atoms. The Bertz CT molecular complexity index is 834. The van der Waals surface area contributed by atoms with Gasteiger partial charge in [-0.25, -0.2) is 8.42 Å². The monoisotopic (exact) mass is 332 g/mol. The minimum absolute atomic E-state index is 0.141. The van der Waals surface area contributed by atoms with Crippen LogP contribution in [0.2, 0.25) is 0 Å². The zero-order valence-corrected chi connectivity index (χ0v) is 14.2. The smallest absolute Gasteiger partial charge is 0.263 e. The topological polar surface area (TPSA) is 98.6 Å². The molecule has 0 aliphatic rings. The second-order valence-electron chi connectivity index (χ2n) is 5.60. The highest BCUT2D eigenvalue weighted by molar-refractivity contribution is 7.92. The van der Waals surface area contributed by atoms with Crippen molar-refractivity contribution >= 4 is 15.8 Å². The van der Waals surface area contributed by atoms with Crippen LogP contribution in [0, 0.1) is 18.3 Å². The molecule has 6 nitrogen and oxygen atoms in total. The van der Waals surface area contributed by atoms with Crippen LogP contribution in [0.5, 0.6) is 0 Å². The maximum atomic E-state index is 12.5. The minimum atomic E-state index is -3.74. The van der Waals surface area contributed by atoms with E-state index in [2.05, 4.69) is 28.8 Å². The molecule has 0 radical (unpaired) electrons. The maximum Gasteiger partial charge on any atom is 0.263 e. The second-order valence-corrected chi connectivity index (χ2v) is 7.25. The van der Waals surface area contributed by atoms with Gasteiger partial charge in [-0.2, -0.15) is 10.4 Å². The number of aromatic nitrogens is 2. The molecule has 2 N–H and O–H groups in total. The summed E-state index contributed by atoms with van der Waals surface area (Å²) in [5.74, 6) is 0.564. The number of rotatable bonds is 6. The molecule has 0 spiro atoms. The highest BCUT2D eigenvalue weighted by Gasteiger charge is 2.19. The van der Waals surface area contributed by atoms with Crippen molar-refractivity contribution in [3.05, 3.63) is 41.1 Å². The van der Waals surface area contributed by atoms with Crippen LogP contribution in [0.25, 0.3) is 0 Å². The van der Waals surface area contributed by atoms with Crippen LogP contribution in [0.3, 0.4) is 0 Å². The van der Waals surface area contributed by atoms with E-state index in [0.717, 1.165) is 18.5 Å². The van der Waals surface area contributed by atoms with Crippen LogP contribution in [-0.2, 0) is 10.0 Å². The molecule has 0 aliphatic carbocycles. The number of aromatic amines is 1. The predicted molar refractivity (Wildman–Crippen MR) is 88.6 cm³/mol. The molecular weight excluding hydrogens is 312 g/mol. The zero-order chi connectivity index (χ0) is 17.0. The van der Waals surface area contributed by atoms with Gasteiger partial charge in [0.15, 0.2) is 5.82 Å². The lowest BCUT2D eigenvalue weighted by Crippen LogP contribution is -2.14. The lowest BCUT2D eigenvalue weighted by atomic mass is 10.0. The number of anilines is 1. The minimum Gasteiger partial charge on any atom is -0.280 e. The van der Waals surface area contributed by atoms with Crippen molar-refractivity contribution in [1.29, 1.82) is 5.26 Å². The van der Waals surface area contributed by atoms with Gasteiger partial charge in [0.25, 0.3) is 10.0 Å². The Morgan fingerprint density at radius 3 is 2.74 bits per heavy atom.